The molecular weight excluding hydrogens is 233 g/mol. The maximum Gasteiger partial charge on any atom is 0.260 e. The number of benzene rings is 1. The first-order chi connectivity index (χ1) is 8.66. The van der Waals surface area contributed by atoms with E-state index in [0.717, 1.165) is 5.56 Å². The zero-order valence-corrected chi connectivity index (χ0v) is 9.64. The second kappa shape index (κ2) is 3.80. The first-order valence-electron chi connectivity index (χ1n) is 5.48. The summed E-state index contributed by atoms with van der Waals surface area (Å²) in [6.45, 7) is 1.83. The van der Waals surface area contributed by atoms with Crippen LogP contribution in [-0.2, 0) is 0 Å². The van der Waals surface area contributed by atoms with Gasteiger partial charge in [-0.3, -0.25) is 4.79 Å². The fourth-order valence-corrected chi connectivity index (χ4v) is 2.07. The van der Waals surface area contributed by atoms with Crippen molar-refractivity contribution < 1.29 is 4.39 Å². The number of hydrogen-bond acceptors (Lipinski definition) is 2. The van der Waals surface area contributed by atoms with Crippen LogP contribution in [0.2, 0.25) is 0 Å². The maximum atomic E-state index is 13.2. The maximum absolute atomic E-state index is 13.2. The number of nitrogens with one attached hydrogen (secondary N) is 1. The number of H-pyrrole nitrogens is 1. The van der Waals surface area contributed by atoms with Crippen LogP contribution in [-0.4, -0.2) is 14.5 Å². The van der Waals surface area contributed by atoms with Gasteiger partial charge in [0.05, 0.1) is 11.7 Å². The van der Waals surface area contributed by atoms with Gasteiger partial charge in [-0.05, 0) is 30.7 Å². The lowest BCUT2D eigenvalue weighted by Crippen LogP contribution is -2.07. The number of aryl methyl sites for hydroxylation is 1. The quantitative estimate of drug-likeness (QED) is 0.712. The lowest BCUT2D eigenvalue weighted by Gasteiger charge is -2.03. The van der Waals surface area contributed by atoms with E-state index in [9.17, 15) is 9.18 Å². The molecule has 0 fully saturated rings. The minimum absolute atomic E-state index is 0.187. The Balaban J connectivity index is 2.38. The lowest BCUT2D eigenvalue weighted by molar-refractivity contribution is 0.627. The van der Waals surface area contributed by atoms with Gasteiger partial charge in [0.2, 0.25) is 0 Å². The molecule has 0 bridgehead atoms. The van der Waals surface area contributed by atoms with Crippen LogP contribution in [0.25, 0.3) is 16.7 Å². The summed E-state index contributed by atoms with van der Waals surface area (Å²) in [7, 11) is 0. The Labute approximate surface area is 102 Å². The van der Waals surface area contributed by atoms with Gasteiger partial charge in [-0.15, -0.1) is 0 Å². The van der Waals surface area contributed by atoms with Crippen LogP contribution < -0.4 is 5.56 Å². The number of nitrogens with zero attached hydrogens (tertiary/aromatic N) is 2. The van der Waals surface area contributed by atoms with Gasteiger partial charge in [-0.25, -0.2) is 9.37 Å². The molecule has 0 aliphatic rings. The molecule has 1 aromatic carbocycles. The van der Waals surface area contributed by atoms with Crippen LogP contribution in [0.3, 0.4) is 0 Å². The molecule has 4 nitrogen and oxygen atoms in total. The lowest BCUT2D eigenvalue weighted by atomic mass is 10.3. The molecule has 0 aliphatic carbocycles. The molecule has 18 heavy (non-hydrogen) atoms. The normalized spacial score (nSPS) is 11.0. The zero-order valence-electron chi connectivity index (χ0n) is 9.64. The van der Waals surface area contributed by atoms with Crippen molar-refractivity contribution in [2.24, 2.45) is 0 Å². The average molecular weight is 243 g/mol. The summed E-state index contributed by atoms with van der Waals surface area (Å²) in [5.74, 6) is -0.322. The van der Waals surface area contributed by atoms with Crippen LogP contribution in [0.1, 0.15) is 5.56 Å². The molecule has 2 aromatic heterocycles. The Morgan fingerprint density at radius 2 is 2.22 bits per heavy atom. The molecule has 0 unspecified atom stereocenters. The summed E-state index contributed by atoms with van der Waals surface area (Å²) < 4.78 is 14.9. The molecule has 1 N–H and O–H groups in total. The Kier molecular flexibility index (Phi) is 2.26. The molecule has 5 heteroatoms. The number of halogens is 1. The van der Waals surface area contributed by atoms with Crippen molar-refractivity contribution >= 4 is 11.0 Å². The monoisotopic (exact) mass is 243 g/mol. The first kappa shape index (κ1) is 10.7. The summed E-state index contributed by atoms with van der Waals surface area (Å²) in [5.41, 5.74) is 1.80. The Morgan fingerprint density at radius 3 is 3.00 bits per heavy atom. The molecule has 3 aromatic rings. The molecule has 90 valence electrons. The smallest absolute Gasteiger partial charge is 0.260 e. The highest BCUT2D eigenvalue weighted by Gasteiger charge is 2.11. The summed E-state index contributed by atoms with van der Waals surface area (Å²) in [5, 5.41) is 0.529. The first-order valence-corrected chi connectivity index (χ1v) is 5.48. The number of fused-ring (bicyclic) bond motifs is 1. The van der Waals surface area contributed by atoms with E-state index in [-0.39, 0.29) is 11.4 Å². The molecule has 0 saturated carbocycles. The number of aromatic nitrogens is 3. The minimum Gasteiger partial charge on any atom is -0.312 e. The minimum atomic E-state index is -0.322. The molecule has 0 atom stereocenters. The highest BCUT2D eigenvalue weighted by atomic mass is 19.1. The summed E-state index contributed by atoms with van der Waals surface area (Å²) in [4.78, 5) is 18.4. The van der Waals surface area contributed by atoms with Crippen LogP contribution in [0, 0.1) is 12.7 Å². The van der Waals surface area contributed by atoms with Crippen molar-refractivity contribution in [3.05, 3.63) is 58.5 Å². The summed E-state index contributed by atoms with van der Waals surface area (Å²) in [6, 6.07) is 6.17. The molecular formula is C13H10FN3O. The van der Waals surface area contributed by atoms with Gasteiger partial charge in [-0.1, -0.05) is 6.07 Å². The molecule has 0 spiro atoms. The standard InChI is InChI=1S/C13H10FN3O/c1-8-6-17(10-4-2-3-9(14)5-10)12-11(8)13(18)16-7-15-12/h2-7H,1H3,(H,15,16,18). The van der Waals surface area contributed by atoms with Gasteiger partial charge in [0.15, 0.2) is 5.65 Å². The van der Waals surface area contributed by atoms with Crippen molar-refractivity contribution in [1.29, 1.82) is 0 Å². The van der Waals surface area contributed by atoms with Crippen LogP contribution in [0.5, 0.6) is 0 Å². The molecule has 0 aliphatic heterocycles. The Hall–Kier alpha value is -2.43. The van der Waals surface area contributed by atoms with Crippen molar-refractivity contribution in [3.63, 3.8) is 0 Å². The second-order valence-corrected chi connectivity index (χ2v) is 4.09. The van der Waals surface area contributed by atoms with Crippen LogP contribution >= 0.6 is 0 Å². The average Bonchev–Trinajstić information content (AvgIpc) is 2.68. The highest BCUT2D eigenvalue weighted by Crippen LogP contribution is 2.19. The predicted octanol–water partition coefficient (Wildman–Crippen LogP) is 2.16. The zero-order chi connectivity index (χ0) is 12.7. The van der Waals surface area contributed by atoms with Crippen molar-refractivity contribution in [2.45, 2.75) is 6.92 Å². The summed E-state index contributed by atoms with van der Waals surface area (Å²) in [6.07, 6.45) is 3.13. The molecule has 0 amide bonds. The highest BCUT2D eigenvalue weighted by molar-refractivity contribution is 5.80. The molecule has 2 heterocycles. The van der Waals surface area contributed by atoms with E-state index in [1.165, 1.54) is 18.5 Å². The summed E-state index contributed by atoms with van der Waals surface area (Å²) >= 11 is 0. The van der Waals surface area contributed by atoms with Crippen LogP contribution in [0.15, 0.2) is 41.6 Å². The van der Waals surface area contributed by atoms with Gasteiger partial charge >= 0.3 is 0 Å². The third kappa shape index (κ3) is 1.52. The number of hydrogen-bond donors (Lipinski definition) is 1. The Bertz CT molecular complexity index is 788. The van der Waals surface area contributed by atoms with E-state index >= 15 is 0 Å². The van der Waals surface area contributed by atoms with E-state index < -0.39 is 0 Å². The molecule has 0 saturated heterocycles. The van der Waals surface area contributed by atoms with Gasteiger partial charge in [0.1, 0.15) is 5.82 Å². The van der Waals surface area contributed by atoms with Gasteiger partial charge in [-0.2, -0.15) is 0 Å². The fourth-order valence-electron chi connectivity index (χ4n) is 2.07. The van der Waals surface area contributed by atoms with Crippen molar-refractivity contribution in [2.75, 3.05) is 0 Å². The van der Waals surface area contributed by atoms with E-state index in [1.54, 1.807) is 22.9 Å². The van der Waals surface area contributed by atoms with E-state index in [0.29, 0.717) is 16.7 Å². The Morgan fingerprint density at radius 1 is 1.39 bits per heavy atom. The van der Waals surface area contributed by atoms with E-state index in [4.69, 9.17) is 0 Å². The predicted molar refractivity (Wildman–Crippen MR) is 66.4 cm³/mol. The molecule has 0 radical (unpaired) electrons. The van der Waals surface area contributed by atoms with Gasteiger partial charge in [0, 0.05) is 11.9 Å². The van der Waals surface area contributed by atoms with Crippen LogP contribution in [0.4, 0.5) is 4.39 Å². The number of rotatable bonds is 1. The molecule has 3 rings (SSSR count). The van der Waals surface area contributed by atoms with Crippen molar-refractivity contribution in [3.8, 4) is 5.69 Å². The van der Waals surface area contributed by atoms with Gasteiger partial charge < -0.3 is 9.55 Å². The fraction of sp³-hybridized carbons (Fsp3) is 0.0769. The second-order valence-electron chi connectivity index (χ2n) is 4.09. The van der Waals surface area contributed by atoms with E-state index in [2.05, 4.69) is 9.97 Å². The third-order valence-electron chi connectivity index (χ3n) is 2.86. The topological polar surface area (TPSA) is 50.7 Å². The van der Waals surface area contributed by atoms with Crippen molar-refractivity contribution in [1.82, 2.24) is 14.5 Å². The van der Waals surface area contributed by atoms with E-state index in [1.807, 2.05) is 6.92 Å². The third-order valence-corrected chi connectivity index (χ3v) is 2.86. The van der Waals surface area contributed by atoms with Gasteiger partial charge in [0.25, 0.3) is 5.56 Å². The SMILES string of the molecule is Cc1cn(-c2cccc(F)c2)c2nc[nH]c(=O)c12. The largest absolute Gasteiger partial charge is 0.312 e. The number of aromatic amines is 1.